The van der Waals surface area contributed by atoms with Gasteiger partial charge >= 0.3 is 5.97 Å². The van der Waals surface area contributed by atoms with Crippen LogP contribution in [0.15, 0.2) is 35.3 Å². The molecule has 3 N–H and O–H groups in total. The van der Waals surface area contributed by atoms with Crippen LogP contribution in [0.2, 0.25) is 0 Å². The summed E-state index contributed by atoms with van der Waals surface area (Å²) in [6.45, 7) is 9.34. The highest BCUT2D eigenvalue weighted by molar-refractivity contribution is 5.81. The van der Waals surface area contributed by atoms with Gasteiger partial charge in [-0.1, -0.05) is 19.9 Å². The van der Waals surface area contributed by atoms with Crippen LogP contribution in [0, 0.1) is 12.8 Å². The summed E-state index contributed by atoms with van der Waals surface area (Å²) in [5.74, 6) is 0.216. The van der Waals surface area contributed by atoms with Gasteiger partial charge in [0, 0.05) is 37.0 Å². The summed E-state index contributed by atoms with van der Waals surface area (Å²) in [6.07, 6.45) is 2.30. The molecule has 0 amide bonds. The molecule has 1 saturated heterocycles. The summed E-state index contributed by atoms with van der Waals surface area (Å²) in [6, 6.07) is 7.31. The number of rotatable bonds is 9. The van der Waals surface area contributed by atoms with E-state index in [1.54, 1.807) is 13.1 Å². The third-order valence-electron chi connectivity index (χ3n) is 6.45. The van der Waals surface area contributed by atoms with Crippen LogP contribution in [-0.2, 0) is 22.6 Å². The minimum Gasteiger partial charge on any atom is -0.480 e. The molecule has 188 valence electrons. The molecule has 1 fully saturated rings. The molecule has 1 aliphatic heterocycles. The van der Waals surface area contributed by atoms with E-state index in [2.05, 4.69) is 26.8 Å². The Labute approximate surface area is 205 Å². The molecule has 4 rings (SSSR count). The van der Waals surface area contributed by atoms with E-state index in [-0.39, 0.29) is 17.6 Å². The number of nitrogens with zero attached hydrogens (tertiary/aromatic N) is 3. The van der Waals surface area contributed by atoms with Crippen LogP contribution < -0.4 is 10.9 Å². The Morgan fingerprint density at radius 2 is 2.14 bits per heavy atom. The number of carboxylic acid groups (broad SMARTS) is 1. The number of aromatic amines is 1. The van der Waals surface area contributed by atoms with E-state index in [0.29, 0.717) is 31.7 Å². The predicted molar refractivity (Wildman–Crippen MR) is 135 cm³/mol. The number of likely N-dealkylation sites (N-methyl/N-ethyl adjacent to an activating group) is 1. The average molecular weight is 482 g/mol. The molecule has 2 unspecified atom stereocenters. The largest absolute Gasteiger partial charge is 0.480 e. The zero-order valence-electron chi connectivity index (χ0n) is 20.9. The fourth-order valence-electron chi connectivity index (χ4n) is 4.58. The number of fused-ring (bicyclic) bond motifs is 1. The lowest BCUT2D eigenvalue weighted by molar-refractivity contribution is -0.140. The van der Waals surface area contributed by atoms with Gasteiger partial charge in [-0.15, -0.1) is 0 Å². The highest BCUT2D eigenvalue weighted by Gasteiger charge is 2.23. The van der Waals surface area contributed by atoms with Crippen LogP contribution in [0.25, 0.3) is 22.4 Å². The lowest BCUT2D eigenvalue weighted by atomic mass is 10.0. The van der Waals surface area contributed by atoms with Crippen LogP contribution in [0.1, 0.15) is 31.4 Å². The third kappa shape index (κ3) is 5.98. The first kappa shape index (κ1) is 25.1. The molecule has 1 aliphatic rings. The van der Waals surface area contributed by atoms with E-state index in [0.717, 1.165) is 41.1 Å². The smallest absolute Gasteiger partial charge is 0.320 e. The van der Waals surface area contributed by atoms with Crippen LogP contribution in [0.5, 0.6) is 0 Å². The Kier molecular flexibility index (Phi) is 7.69. The fraction of sp³-hybridized carbons (Fsp3) is 0.500. The standard InChI is InChI=1S/C26H35N5O4/c1-16(2)9-22(26(33)34)27-12-18-5-6-23-21(11-18)29-24(19-10-17(3)25(32)28-13-19)31(23)15-20-14-30(4)7-8-35-20/h5-6,10-11,13,16,20,22,27H,7-9,12,14-15H2,1-4H3,(H,28,32)(H,33,34). The molecule has 0 aliphatic carbocycles. The van der Waals surface area contributed by atoms with Gasteiger partial charge in [0.25, 0.3) is 5.56 Å². The Bertz CT molecular complexity index is 1250. The van der Waals surface area contributed by atoms with Crippen molar-refractivity contribution in [2.45, 2.75) is 52.4 Å². The number of aryl methyl sites for hydroxylation is 1. The quantitative estimate of drug-likeness (QED) is 0.431. The van der Waals surface area contributed by atoms with Gasteiger partial charge in [0.15, 0.2) is 0 Å². The average Bonchev–Trinajstić information content (AvgIpc) is 3.15. The van der Waals surface area contributed by atoms with Gasteiger partial charge in [-0.2, -0.15) is 0 Å². The number of morpholine rings is 1. The zero-order chi connectivity index (χ0) is 25.1. The van der Waals surface area contributed by atoms with Crippen molar-refractivity contribution in [3.05, 3.63) is 51.9 Å². The first-order valence-electron chi connectivity index (χ1n) is 12.2. The Balaban J connectivity index is 1.67. The summed E-state index contributed by atoms with van der Waals surface area (Å²) >= 11 is 0. The lowest BCUT2D eigenvalue weighted by Crippen LogP contribution is -2.42. The molecule has 0 bridgehead atoms. The lowest BCUT2D eigenvalue weighted by Gasteiger charge is -2.30. The molecule has 1 aromatic carbocycles. The second-order valence-electron chi connectivity index (χ2n) is 9.93. The predicted octanol–water partition coefficient (Wildman–Crippen LogP) is 2.62. The maximum atomic E-state index is 11.9. The van der Waals surface area contributed by atoms with Crippen molar-refractivity contribution in [2.24, 2.45) is 5.92 Å². The van der Waals surface area contributed by atoms with Gasteiger partial charge in [0.1, 0.15) is 11.9 Å². The van der Waals surface area contributed by atoms with Gasteiger partial charge < -0.3 is 29.6 Å². The number of pyridine rings is 1. The monoisotopic (exact) mass is 481 g/mol. The first-order valence-corrected chi connectivity index (χ1v) is 12.2. The normalized spacial score (nSPS) is 17.8. The number of aliphatic carboxylic acids is 1. The van der Waals surface area contributed by atoms with E-state index in [1.807, 2.05) is 38.1 Å². The summed E-state index contributed by atoms with van der Waals surface area (Å²) in [5, 5.41) is 12.7. The van der Waals surface area contributed by atoms with E-state index < -0.39 is 12.0 Å². The van der Waals surface area contributed by atoms with Gasteiger partial charge in [0.05, 0.1) is 30.3 Å². The highest BCUT2D eigenvalue weighted by Crippen LogP contribution is 2.27. The maximum Gasteiger partial charge on any atom is 0.320 e. The Morgan fingerprint density at radius 3 is 2.83 bits per heavy atom. The fourth-order valence-corrected chi connectivity index (χ4v) is 4.58. The number of aromatic nitrogens is 3. The van der Waals surface area contributed by atoms with Crippen LogP contribution >= 0.6 is 0 Å². The molecule has 2 aromatic heterocycles. The number of ether oxygens (including phenoxy) is 1. The van der Waals surface area contributed by atoms with Gasteiger partial charge in [-0.3, -0.25) is 9.59 Å². The van der Waals surface area contributed by atoms with Crippen molar-refractivity contribution in [1.29, 1.82) is 0 Å². The molecule has 9 nitrogen and oxygen atoms in total. The van der Waals surface area contributed by atoms with Crippen molar-refractivity contribution in [1.82, 2.24) is 24.8 Å². The number of carboxylic acids is 1. The van der Waals surface area contributed by atoms with Crippen LogP contribution in [-0.4, -0.2) is 69.4 Å². The molecular formula is C26H35N5O4. The number of H-pyrrole nitrogens is 1. The van der Waals surface area contributed by atoms with Crippen molar-refractivity contribution in [3.63, 3.8) is 0 Å². The minimum absolute atomic E-state index is 0.0301. The van der Waals surface area contributed by atoms with Gasteiger partial charge in [0.2, 0.25) is 0 Å². The number of imidazole rings is 1. The molecule has 3 heterocycles. The number of hydrogen-bond donors (Lipinski definition) is 3. The van der Waals surface area contributed by atoms with Crippen molar-refractivity contribution >= 4 is 17.0 Å². The summed E-state index contributed by atoms with van der Waals surface area (Å²) in [5.41, 5.74) is 4.12. The Hall–Kier alpha value is -3.01. The summed E-state index contributed by atoms with van der Waals surface area (Å²) in [4.78, 5) is 33.6. The highest BCUT2D eigenvalue weighted by atomic mass is 16.5. The molecule has 35 heavy (non-hydrogen) atoms. The SMILES string of the molecule is Cc1cc(-c2nc3cc(CNC(CC(C)C)C(=O)O)ccc3n2CC2CN(C)CCO2)c[nH]c1=O. The molecule has 0 radical (unpaired) electrons. The topological polar surface area (TPSA) is 112 Å². The first-order chi connectivity index (χ1) is 16.7. The number of nitrogens with one attached hydrogen (secondary N) is 2. The van der Waals surface area contributed by atoms with E-state index in [9.17, 15) is 14.7 Å². The summed E-state index contributed by atoms with van der Waals surface area (Å²) < 4.78 is 8.19. The molecule has 9 heteroatoms. The molecule has 3 aromatic rings. The molecule has 0 spiro atoms. The summed E-state index contributed by atoms with van der Waals surface area (Å²) in [7, 11) is 2.09. The Morgan fingerprint density at radius 1 is 1.34 bits per heavy atom. The van der Waals surface area contributed by atoms with Crippen molar-refractivity contribution in [2.75, 3.05) is 26.7 Å². The zero-order valence-corrected chi connectivity index (χ0v) is 20.9. The van der Waals surface area contributed by atoms with Crippen LogP contribution in [0.3, 0.4) is 0 Å². The number of carbonyl (C=O) groups is 1. The molecule has 0 saturated carbocycles. The number of benzene rings is 1. The third-order valence-corrected chi connectivity index (χ3v) is 6.45. The van der Waals surface area contributed by atoms with E-state index in [4.69, 9.17) is 9.72 Å². The van der Waals surface area contributed by atoms with Gasteiger partial charge in [-0.05, 0) is 50.1 Å². The minimum atomic E-state index is -0.836. The molecule has 2 atom stereocenters. The van der Waals surface area contributed by atoms with E-state index >= 15 is 0 Å². The molecular weight excluding hydrogens is 446 g/mol. The van der Waals surface area contributed by atoms with E-state index in [1.165, 1.54) is 0 Å². The maximum absolute atomic E-state index is 11.9. The van der Waals surface area contributed by atoms with Crippen molar-refractivity contribution in [3.8, 4) is 11.4 Å². The number of hydrogen-bond acceptors (Lipinski definition) is 6. The van der Waals surface area contributed by atoms with Crippen molar-refractivity contribution < 1.29 is 14.6 Å². The second kappa shape index (κ2) is 10.7. The van der Waals surface area contributed by atoms with Gasteiger partial charge in [-0.25, -0.2) is 4.98 Å². The second-order valence-corrected chi connectivity index (χ2v) is 9.93. The van der Waals surface area contributed by atoms with Crippen LogP contribution in [0.4, 0.5) is 0 Å².